The zero-order valence-corrected chi connectivity index (χ0v) is 11.5. The summed E-state index contributed by atoms with van der Waals surface area (Å²) in [6.07, 6.45) is 0. The van der Waals surface area contributed by atoms with Crippen LogP contribution in [0.2, 0.25) is 5.02 Å². The summed E-state index contributed by atoms with van der Waals surface area (Å²) in [7, 11) is 0. The Hall–Kier alpha value is -2.32. The lowest BCUT2D eigenvalue weighted by Gasteiger charge is -2.14. The molecule has 0 saturated carbocycles. The predicted octanol–water partition coefficient (Wildman–Crippen LogP) is 4.62. The summed E-state index contributed by atoms with van der Waals surface area (Å²) in [5, 5.41) is 12.8. The molecule has 1 unspecified atom stereocenters. The van der Waals surface area contributed by atoms with Gasteiger partial charge in [0, 0.05) is 10.7 Å². The molecule has 0 radical (unpaired) electrons. The van der Waals surface area contributed by atoms with Crippen LogP contribution >= 0.6 is 11.6 Å². The van der Waals surface area contributed by atoms with Gasteiger partial charge in [0.25, 0.3) is 0 Å². The standard InChI is InChI=1S/C15H11ClF2N2O/c16-11-3-5-12(6-4-11)20-14(9-19)10-1-7-13(8-2-10)21-15(17)18/h1-8,14-15,20H. The van der Waals surface area contributed by atoms with Crippen LogP contribution in [0.1, 0.15) is 11.6 Å². The van der Waals surface area contributed by atoms with Gasteiger partial charge in [-0.05, 0) is 42.0 Å². The Labute approximate surface area is 125 Å². The number of nitrogens with zero attached hydrogens (tertiary/aromatic N) is 1. The quantitative estimate of drug-likeness (QED) is 0.876. The van der Waals surface area contributed by atoms with Gasteiger partial charge < -0.3 is 10.1 Å². The minimum atomic E-state index is -2.87. The van der Waals surface area contributed by atoms with Crippen LogP contribution < -0.4 is 10.1 Å². The second kappa shape index (κ2) is 6.91. The number of hydrogen-bond donors (Lipinski definition) is 1. The maximum absolute atomic E-state index is 12.1. The van der Waals surface area contributed by atoms with Gasteiger partial charge in [-0.25, -0.2) is 0 Å². The number of alkyl halides is 2. The van der Waals surface area contributed by atoms with Crippen molar-refractivity contribution in [2.24, 2.45) is 0 Å². The number of anilines is 1. The van der Waals surface area contributed by atoms with E-state index < -0.39 is 12.7 Å². The van der Waals surface area contributed by atoms with E-state index in [-0.39, 0.29) is 5.75 Å². The highest BCUT2D eigenvalue weighted by atomic mass is 35.5. The van der Waals surface area contributed by atoms with E-state index in [9.17, 15) is 14.0 Å². The average molecular weight is 309 g/mol. The Morgan fingerprint density at radius 2 is 1.67 bits per heavy atom. The maximum atomic E-state index is 12.1. The van der Waals surface area contributed by atoms with Crippen LogP contribution in [0.15, 0.2) is 48.5 Å². The highest BCUT2D eigenvalue weighted by Crippen LogP contribution is 2.23. The molecule has 0 bridgehead atoms. The van der Waals surface area contributed by atoms with Crippen molar-refractivity contribution in [2.45, 2.75) is 12.7 Å². The first-order valence-electron chi connectivity index (χ1n) is 6.05. The molecular formula is C15H11ClF2N2O. The Morgan fingerprint density at radius 3 is 2.19 bits per heavy atom. The summed E-state index contributed by atoms with van der Waals surface area (Å²) in [5.41, 5.74) is 1.38. The summed E-state index contributed by atoms with van der Waals surface area (Å²) in [5.74, 6) is 0.0527. The van der Waals surface area contributed by atoms with Gasteiger partial charge in [0.05, 0.1) is 6.07 Å². The number of halogens is 3. The SMILES string of the molecule is N#CC(Nc1ccc(Cl)cc1)c1ccc(OC(F)F)cc1. The van der Waals surface area contributed by atoms with Crippen molar-refractivity contribution in [1.82, 2.24) is 0 Å². The summed E-state index contributed by atoms with van der Waals surface area (Å²) in [6.45, 7) is -2.87. The second-order valence-electron chi connectivity index (χ2n) is 4.16. The third kappa shape index (κ3) is 4.33. The predicted molar refractivity (Wildman–Crippen MR) is 76.5 cm³/mol. The molecule has 1 N–H and O–H groups in total. The lowest BCUT2D eigenvalue weighted by molar-refractivity contribution is -0.0498. The van der Waals surface area contributed by atoms with Gasteiger partial charge in [-0.1, -0.05) is 23.7 Å². The minimum absolute atomic E-state index is 0.0527. The highest BCUT2D eigenvalue weighted by Gasteiger charge is 2.11. The van der Waals surface area contributed by atoms with E-state index in [0.717, 1.165) is 5.69 Å². The smallest absolute Gasteiger partial charge is 0.387 e. The van der Waals surface area contributed by atoms with Crippen molar-refractivity contribution in [2.75, 3.05) is 5.32 Å². The molecule has 0 amide bonds. The van der Waals surface area contributed by atoms with Gasteiger partial charge in [-0.15, -0.1) is 0 Å². The Morgan fingerprint density at radius 1 is 1.05 bits per heavy atom. The third-order valence-corrected chi connectivity index (χ3v) is 2.97. The number of hydrogen-bond acceptors (Lipinski definition) is 3. The molecule has 6 heteroatoms. The summed E-state index contributed by atoms with van der Waals surface area (Å²) in [4.78, 5) is 0. The molecule has 0 fully saturated rings. The summed E-state index contributed by atoms with van der Waals surface area (Å²) < 4.78 is 28.4. The van der Waals surface area contributed by atoms with Crippen LogP contribution in [0.4, 0.5) is 14.5 Å². The third-order valence-electron chi connectivity index (χ3n) is 2.72. The van der Waals surface area contributed by atoms with E-state index in [0.29, 0.717) is 10.6 Å². The lowest BCUT2D eigenvalue weighted by atomic mass is 10.1. The van der Waals surface area contributed by atoms with Crippen LogP contribution in [-0.4, -0.2) is 6.61 Å². The van der Waals surface area contributed by atoms with E-state index in [1.807, 2.05) is 0 Å². The van der Waals surface area contributed by atoms with E-state index in [4.69, 9.17) is 11.6 Å². The van der Waals surface area contributed by atoms with Crippen LogP contribution in [0.5, 0.6) is 5.75 Å². The molecule has 0 spiro atoms. The highest BCUT2D eigenvalue weighted by molar-refractivity contribution is 6.30. The maximum Gasteiger partial charge on any atom is 0.387 e. The molecule has 0 saturated heterocycles. The Bertz CT molecular complexity index is 624. The minimum Gasteiger partial charge on any atom is -0.435 e. The molecule has 2 aromatic rings. The topological polar surface area (TPSA) is 45.0 Å². The largest absolute Gasteiger partial charge is 0.435 e. The monoisotopic (exact) mass is 308 g/mol. The molecular weight excluding hydrogens is 298 g/mol. The van der Waals surface area contributed by atoms with Gasteiger partial charge in [0.1, 0.15) is 11.8 Å². The van der Waals surface area contributed by atoms with Crippen molar-refractivity contribution in [3.05, 3.63) is 59.1 Å². The van der Waals surface area contributed by atoms with Gasteiger partial charge in [0.2, 0.25) is 0 Å². The van der Waals surface area contributed by atoms with Crippen molar-refractivity contribution >= 4 is 17.3 Å². The molecule has 2 aromatic carbocycles. The number of nitriles is 1. The fraction of sp³-hybridized carbons (Fsp3) is 0.133. The Balaban J connectivity index is 2.10. The van der Waals surface area contributed by atoms with Gasteiger partial charge in [-0.3, -0.25) is 0 Å². The van der Waals surface area contributed by atoms with E-state index in [1.165, 1.54) is 12.1 Å². The molecule has 0 aliphatic heterocycles. The first-order chi connectivity index (χ1) is 10.1. The first kappa shape index (κ1) is 15.1. The molecule has 108 valence electrons. The number of rotatable bonds is 5. The van der Waals surface area contributed by atoms with Crippen LogP contribution in [0, 0.1) is 11.3 Å². The van der Waals surface area contributed by atoms with E-state index >= 15 is 0 Å². The molecule has 1 atom stereocenters. The number of benzene rings is 2. The second-order valence-corrected chi connectivity index (χ2v) is 4.60. The van der Waals surface area contributed by atoms with Gasteiger partial charge >= 0.3 is 6.61 Å². The zero-order chi connectivity index (χ0) is 15.2. The first-order valence-corrected chi connectivity index (χ1v) is 6.43. The number of ether oxygens (including phenoxy) is 1. The fourth-order valence-electron chi connectivity index (χ4n) is 1.74. The molecule has 21 heavy (non-hydrogen) atoms. The van der Waals surface area contributed by atoms with Gasteiger partial charge in [-0.2, -0.15) is 14.0 Å². The van der Waals surface area contributed by atoms with Crippen molar-refractivity contribution < 1.29 is 13.5 Å². The summed E-state index contributed by atoms with van der Waals surface area (Å²) in [6, 6.07) is 14.3. The van der Waals surface area contributed by atoms with E-state index in [1.54, 1.807) is 36.4 Å². The molecule has 0 heterocycles. The number of nitrogens with one attached hydrogen (secondary N) is 1. The lowest BCUT2D eigenvalue weighted by Crippen LogP contribution is -2.08. The zero-order valence-electron chi connectivity index (χ0n) is 10.8. The normalized spacial score (nSPS) is 11.8. The van der Waals surface area contributed by atoms with Crippen molar-refractivity contribution in [3.63, 3.8) is 0 Å². The molecule has 2 rings (SSSR count). The van der Waals surface area contributed by atoms with Crippen LogP contribution in [-0.2, 0) is 0 Å². The fourth-order valence-corrected chi connectivity index (χ4v) is 1.87. The van der Waals surface area contributed by atoms with Crippen molar-refractivity contribution in [1.29, 1.82) is 5.26 Å². The van der Waals surface area contributed by atoms with Crippen LogP contribution in [0.3, 0.4) is 0 Å². The Kier molecular flexibility index (Phi) is 4.96. The van der Waals surface area contributed by atoms with Crippen LogP contribution in [0.25, 0.3) is 0 Å². The summed E-state index contributed by atoms with van der Waals surface area (Å²) >= 11 is 5.79. The molecule has 0 aliphatic rings. The molecule has 0 aliphatic carbocycles. The van der Waals surface area contributed by atoms with Crippen molar-refractivity contribution in [3.8, 4) is 11.8 Å². The average Bonchev–Trinajstić information content (AvgIpc) is 2.47. The molecule has 0 aromatic heterocycles. The van der Waals surface area contributed by atoms with Gasteiger partial charge in [0.15, 0.2) is 0 Å². The molecule has 3 nitrogen and oxygen atoms in total. The van der Waals surface area contributed by atoms with E-state index in [2.05, 4.69) is 16.1 Å².